The smallest absolute Gasteiger partial charge is 0.139 e. The molecule has 0 spiro atoms. The van der Waals surface area contributed by atoms with Crippen LogP contribution in [0.5, 0.6) is 0 Å². The van der Waals surface area contributed by atoms with Crippen LogP contribution in [-0.4, -0.2) is 37.0 Å². The Morgan fingerprint density at radius 3 is 3.04 bits per heavy atom. The summed E-state index contributed by atoms with van der Waals surface area (Å²) < 4.78 is 2.30. The standard InChI is InChI=1S/C19H20ClN5/c20-15-4-2-1-3-14(15)19-22-16-7-9-24(12-17(16)23-19)13-5-6-18-21-8-10-25(18)11-13/h1-4,8,10,13H,5-7,9,11-12H2,(H,22,23). The van der Waals surface area contributed by atoms with E-state index in [1.54, 1.807) is 0 Å². The molecule has 1 atom stereocenters. The normalized spacial score (nSPS) is 20.3. The van der Waals surface area contributed by atoms with Gasteiger partial charge in [-0.3, -0.25) is 4.90 Å². The van der Waals surface area contributed by atoms with Gasteiger partial charge in [0.15, 0.2) is 0 Å². The van der Waals surface area contributed by atoms with E-state index in [4.69, 9.17) is 16.6 Å². The molecule has 1 unspecified atom stereocenters. The molecule has 2 aliphatic heterocycles. The van der Waals surface area contributed by atoms with Crippen molar-refractivity contribution in [1.82, 2.24) is 24.4 Å². The summed E-state index contributed by atoms with van der Waals surface area (Å²) >= 11 is 6.33. The fourth-order valence-electron chi connectivity index (χ4n) is 4.05. The molecule has 128 valence electrons. The van der Waals surface area contributed by atoms with Crippen molar-refractivity contribution in [2.45, 2.75) is 38.4 Å². The maximum absolute atomic E-state index is 6.33. The lowest BCUT2D eigenvalue weighted by Gasteiger charge is -2.36. The summed E-state index contributed by atoms with van der Waals surface area (Å²) in [4.78, 5) is 15.3. The molecule has 0 amide bonds. The highest BCUT2D eigenvalue weighted by Gasteiger charge is 2.29. The van der Waals surface area contributed by atoms with Crippen LogP contribution in [0.25, 0.3) is 11.4 Å². The zero-order valence-corrected chi connectivity index (χ0v) is 14.7. The second kappa shape index (κ2) is 6.00. The highest BCUT2D eigenvalue weighted by molar-refractivity contribution is 6.33. The maximum Gasteiger partial charge on any atom is 0.139 e. The van der Waals surface area contributed by atoms with Crippen molar-refractivity contribution in [3.8, 4) is 11.4 Å². The van der Waals surface area contributed by atoms with E-state index in [1.165, 1.54) is 23.6 Å². The Labute approximate surface area is 151 Å². The summed E-state index contributed by atoms with van der Waals surface area (Å²) in [5.41, 5.74) is 3.40. The molecular weight excluding hydrogens is 334 g/mol. The van der Waals surface area contributed by atoms with Gasteiger partial charge in [-0.15, -0.1) is 0 Å². The number of benzene rings is 1. The molecule has 0 saturated heterocycles. The zero-order valence-electron chi connectivity index (χ0n) is 14.0. The van der Waals surface area contributed by atoms with Crippen LogP contribution in [0.1, 0.15) is 23.6 Å². The summed E-state index contributed by atoms with van der Waals surface area (Å²) in [7, 11) is 0. The second-order valence-electron chi connectivity index (χ2n) is 6.90. The zero-order chi connectivity index (χ0) is 16.8. The number of halogens is 1. The predicted octanol–water partition coefficient (Wildman–Crippen LogP) is 3.30. The number of hydrogen-bond donors (Lipinski definition) is 1. The van der Waals surface area contributed by atoms with Crippen LogP contribution in [-0.2, 0) is 25.9 Å². The average molecular weight is 354 g/mol. The van der Waals surface area contributed by atoms with Crippen LogP contribution in [0.2, 0.25) is 5.02 Å². The second-order valence-corrected chi connectivity index (χ2v) is 7.31. The van der Waals surface area contributed by atoms with Gasteiger partial charge >= 0.3 is 0 Å². The first-order valence-electron chi connectivity index (χ1n) is 8.84. The van der Waals surface area contributed by atoms with Crippen molar-refractivity contribution in [2.75, 3.05) is 6.54 Å². The fourth-order valence-corrected chi connectivity index (χ4v) is 4.28. The summed E-state index contributed by atoms with van der Waals surface area (Å²) in [5, 5.41) is 0.741. The molecule has 3 aromatic rings. The Bertz CT molecular complexity index is 912. The molecule has 25 heavy (non-hydrogen) atoms. The van der Waals surface area contributed by atoms with Gasteiger partial charge in [0.1, 0.15) is 11.6 Å². The Morgan fingerprint density at radius 2 is 2.12 bits per heavy atom. The SMILES string of the molecule is Clc1ccccc1-c1nc2c([nH]1)CN(C1CCc3nccn3C1)CC2. The first-order valence-corrected chi connectivity index (χ1v) is 9.22. The number of aromatic amines is 1. The Kier molecular flexibility index (Phi) is 3.64. The largest absolute Gasteiger partial charge is 0.340 e. The molecule has 5 rings (SSSR count). The number of nitrogens with one attached hydrogen (secondary N) is 1. The van der Waals surface area contributed by atoms with Gasteiger partial charge in [-0.05, 0) is 18.6 Å². The number of nitrogens with zero attached hydrogens (tertiary/aromatic N) is 4. The van der Waals surface area contributed by atoms with E-state index in [0.717, 1.165) is 48.9 Å². The van der Waals surface area contributed by atoms with Gasteiger partial charge in [-0.2, -0.15) is 0 Å². The van der Waals surface area contributed by atoms with Crippen LogP contribution >= 0.6 is 11.6 Å². The van der Waals surface area contributed by atoms with Crippen LogP contribution in [0.4, 0.5) is 0 Å². The lowest BCUT2D eigenvalue weighted by Crippen LogP contribution is -2.44. The lowest BCUT2D eigenvalue weighted by atomic mass is 10.0. The van der Waals surface area contributed by atoms with E-state index in [-0.39, 0.29) is 0 Å². The minimum absolute atomic E-state index is 0.571. The van der Waals surface area contributed by atoms with Crippen molar-refractivity contribution < 1.29 is 0 Å². The summed E-state index contributed by atoms with van der Waals surface area (Å²) in [6.45, 7) is 3.03. The molecule has 0 radical (unpaired) electrons. The predicted molar refractivity (Wildman–Crippen MR) is 97.5 cm³/mol. The number of rotatable bonds is 2. The third-order valence-corrected chi connectivity index (χ3v) is 5.75. The van der Waals surface area contributed by atoms with Gasteiger partial charge in [-0.1, -0.05) is 23.7 Å². The quantitative estimate of drug-likeness (QED) is 0.769. The topological polar surface area (TPSA) is 49.7 Å². The van der Waals surface area contributed by atoms with E-state index >= 15 is 0 Å². The van der Waals surface area contributed by atoms with Crippen LogP contribution in [0.3, 0.4) is 0 Å². The number of aryl methyl sites for hydroxylation is 1. The van der Waals surface area contributed by atoms with Crippen molar-refractivity contribution in [1.29, 1.82) is 0 Å². The first kappa shape index (κ1) is 15.2. The van der Waals surface area contributed by atoms with Crippen LogP contribution < -0.4 is 0 Å². The molecule has 0 aliphatic carbocycles. The molecule has 0 saturated carbocycles. The van der Waals surface area contributed by atoms with Gasteiger partial charge < -0.3 is 9.55 Å². The molecule has 0 fully saturated rings. The Balaban J connectivity index is 1.38. The molecule has 2 aromatic heterocycles. The molecule has 6 heteroatoms. The van der Waals surface area contributed by atoms with Crippen molar-refractivity contribution >= 4 is 11.6 Å². The van der Waals surface area contributed by atoms with Crippen LogP contribution in [0.15, 0.2) is 36.7 Å². The van der Waals surface area contributed by atoms with E-state index in [0.29, 0.717) is 6.04 Å². The van der Waals surface area contributed by atoms with Gasteiger partial charge in [0.2, 0.25) is 0 Å². The van der Waals surface area contributed by atoms with E-state index < -0.39 is 0 Å². The third-order valence-electron chi connectivity index (χ3n) is 5.42. The van der Waals surface area contributed by atoms with Crippen molar-refractivity contribution in [3.05, 3.63) is 58.9 Å². The molecule has 1 aromatic carbocycles. The molecular formula is C19H20ClN5. The van der Waals surface area contributed by atoms with E-state index in [9.17, 15) is 0 Å². The highest BCUT2D eigenvalue weighted by atomic mass is 35.5. The minimum Gasteiger partial charge on any atom is -0.340 e. The first-order chi connectivity index (χ1) is 12.3. The van der Waals surface area contributed by atoms with E-state index in [2.05, 4.69) is 25.6 Å². The Morgan fingerprint density at radius 1 is 1.20 bits per heavy atom. The summed E-state index contributed by atoms with van der Waals surface area (Å²) in [6.07, 6.45) is 7.25. The van der Waals surface area contributed by atoms with Crippen molar-refractivity contribution in [2.24, 2.45) is 0 Å². The number of fused-ring (bicyclic) bond motifs is 2. The number of hydrogen-bond acceptors (Lipinski definition) is 3. The molecule has 0 bridgehead atoms. The monoisotopic (exact) mass is 353 g/mol. The lowest BCUT2D eigenvalue weighted by molar-refractivity contribution is 0.139. The fraction of sp³-hybridized carbons (Fsp3) is 0.368. The maximum atomic E-state index is 6.33. The number of H-pyrrole nitrogens is 1. The van der Waals surface area contributed by atoms with Crippen LogP contribution in [0, 0.1) is 0 Å². The van der Waals surface area contributed by atoms with Gasteiger partial charge in [0.05, 0.1) is 16.4 Å². The Hall–Kier alpha value is -2.11. The van der Waals surface area contributed by atoms with Gasteiger partial charge in [0.25, 0.3) is 0 Å². The molecule has 4 heterocycles. The third kappa shape index (κ3) is 2.68. The molecule has 5 nitrogen and oxygen atoms in total. The van der Waals surface area contributed by atoms with E-state index in [1.807, 2.05) is 30.5 Å². The average Bonchev–Trinajstić information content (AvgIpc) is 3.27. The highest BCUT2D eigenvalue weighted by Crippen LogP contribution is 2.29. The van der Waals surface area contributed by atoms with Gasteiger partial charge in [-0.25, -0.2) is 9.97 Å². The summed E-state index contributed by atoms with van der Waals surface area (Å²) in [6, 6.07) is 8.45. The van der Waals surface area contributed by atoms with Crippen molar-refractivity contribution in [3.63, 3.8) is 0 Å². The van der Waals surface area contributed by atoms with Gasteiger partial charge in [0, 0.05) is 56.5 Å². The molecule has 1 N–H and O–H groups in total. The summed E-state index contributed by atoms with van der Waals surface area (Å²) in [5.74, 6) is 2.11. The minimum atomic E-state index is 0.571. The number of aromatic nitrogens is 4. The molecule has 2 aliphatic rings. The number of imidazole rings is 2.